The molecular formula is C18H17FO4. The number of carbonyl (C=O) groups is 2. The summed E-state index contributed by atoms with van der Waals surface area (Å²) in [5.41, 5.74) is 2.34. The van der Waals surface area contributed by atoms with Gasteiger partial charge >= 0.3 is 5.97 Å². The molecule has 0 saturated carbocycles. The molecule has 2 aromatic carbocycles. The second-order valence-corrected chi connectivity index (χ2v) is 5.17. The lowest BCUT2D eigenvalue weighted by Crippen LogP contribution is -2.15. The van der Waals surface area contributed by atoms with Crippen LogP contribution in [0.15, 0.2) is 36.4 Å². The van der Waals surface area contributed by atoms with Crippen LogP contribution < -0.4 is 4.74 Å². The van der Waals surface area contributed by atoms with Gasteiger partial charge in [0.05, 0.1) is 12.7 Å². The number of rotatable bonds is 5. The molecule has 0 fully saturated rings. The molecule has 5 heteroatoms. The van der Waals surface area contributed by atoms with E-state index in [0.717, 1.165) is 17.2 Å². The Hall–Kier alpha value is -2.69. The molecule has 0 heterocycles. The van der Waals surface area contributed by atoms with E-state index in [9.17, 15) is 14.0 Å². The molecule has 120 valence electrons. The van der Waals surface area contributed by atoms with Crippen LogP contribution in [0.4, 0.5) is 4.39 Å². The maximum absolute atomic E-state index is 13.6. The van der Waals surface area contributed by atoms with Crippen molar-refractivity contribution in [3.05, 3.63) is 64.5 Å². The topological polar surface area (TPSA) is 52.6 Å². The number of esters is 1. The molecule has 2 aromatic rings. The summed E-state index contributed by atoms with van der Waals surface area (Å²) in [6, 6.07) is 9.15. The zero-order valence-electron chi connectivity index (χ0n) is 13.2. The summed E-state index contributed by atoms with van der Waals surface area (Å²) >= 11 is 0. The molecule has 0 amide bonds. The molecule has 0 unspecified atom stereocenters. The predicted molar refractivity (Wildman–Crippen MR) is 83.5 cm³/mol. The number of halogens is 1. The number of hydrogen-bond donors (Lipinski definition) is 0. The van der Waals surface area contributed by atoms with Crippen LogP contribution in [0.5, 0.6) is 5.75 Å². The van der Waals surface area contributed by atoms with Crippen molar-refractivity contribution in [3.8, 4) is 5.75 Å². The normalized spacial score (nSPS) is 10.3. The summed E-state index contributed by atoms with van der Waals surface area (Å²) in [6.45, 7) is 3.27. The second-order valence-electron chi connectivity index (χ2n) is 5.17. The van der Waals surface area contributed by atoms with Gasteiger partial charge in [0.2, 0.25) is 0 Å². The monoisotopic (exact) mass is 316 g/mol. The number of benzene rings is 2. The van der Waals surface area contributed by atoms with Crippen LogP contribution in [0.25, 0.3) is 0 Å². The van der Waals surface area contributed by atoms with E-state index in [4.69, 9.17) is 9.47 Å². The lowest BCUT2D eigenvalue weighted by atomic mass is 10.1. The Morgan fingerprint density at radius 3 is 2.43 bits per heavy atom. The van der Waals surface area contributed by atoms with E-state index in [1.165, 1.54) is 19.2 Å². The highest BCUT2D eigenvalue weighted by atomic mass is 19.1. The molecule has 0 saturated heterocycles. The van der Waals surface area contributed by atoms with E-state index in [0.29, 0.717) is 5.56 Å². The molecule has 2 rings (SSSR count). The Kier molecular flexibility index (Phi) is 5.11. The molecule has 0 radical (unpaired) electrons. The predicted octanol–water partition coefficient (Wildman–Crippen LogP) is 3.49. The molecule has 23 heavy (non-hydrogen) atoms. The first-order valence-corrected chi connectivity index (χ1v) is 7.03. The fraction of sp³-hybridized carbons (Fsp3) is 0.222. The van der Waals surface area contributed by atoms with Crippen LogP contribution >= 0.6 is 0 Å². The number of ketones is 1. The van der Waals surface area contributed by atoms with Crippen LogP contribution in [0.3, 0.4) is 0 Å². The third-order valence-electron chi connectivity index (χ3n) is 3.41. The summed E-state index contributed by atoms with van der Waals surface area (Å²) in [7, 11) is 1.34. The minimum Gasteiger partial charge on any atom is -0.494 e. The van der Waals surface area contributed by atoms with Gasteiger partial charge in [-0.3, -0.25) is 4.79 Å². The maximum Gasteiger partial charge on any atom is 0.338 e. The molecule has 0 spiro atoms. The van der Waals surface area contributed by atoms with Crippen molar-refractivity contribution < 1.29 is 23.5 Å². The Bertz CT molecular complexity index is 753. The average molecular weight is 316 g/mol. The fourth-order valence-electron chi connectivity index (χ4n) is 2.17. The van der Waals surface area contributed by atoms with Crippen LogP contribution in [-0.2, 0) is 4.74 Å². The maximum atomic E-state index is 13.6. The van der Waals surface area contributed by atoms with Gasteiger partial charge < -0.3 is 9.47 Å². The van der Waals surface area contributed by atoms with Crippen LogP contribution in [0.2, 0.25) is 0 Å². The Morgan fingerprint density at radius 1 is 1.09 bits per heavy atom. The molecular weight excluding hydrogens is 299 g/mol. The number of aryl methyl sites for hydroxylation is 2. The first-order valence-electron chi connectivity index (χ1n) is 7.03. The zero-order chi connectivity index (χ0) is 17.0. The summed E-state index contributed by atoms with van der Waals surface area (Å²) in [6.07, 6.45) is 0. The Morgan fingerprint density at radius 2 is 1.83 bits per heavy atom. The minimum absolute atomic E-state index is 0.0498. The van der Waals surface area contributed by atoms with E-state index < -0.39 is 24.2 Å². The molecule has 0 bridgehead atoms. The summed E-state index contributed by atoms with van der Waals surface area (Å²) < 4.78 is 23.4. The van der Waals surface area contributed by atoms with E-state index in [2.05, 4.69) is 0 Å². The van der Waals surface area contributed by atoms with Gasteiger partial charge in [0.1, 0.15) is 0 Å². The molecule has 0 aliphatic carbocycles. The van der Waals surface area contributed by atoms with Gasteiger partial charge in [0.25, 0.3) is 0 Å². The first kappa shape index (κ1) is 16.7. The fourth-order valence-corrected chi connectivity index (χ4v) is 2.17. The molecule has 0 N–H and O–H groups in total. The Balaban J connectivity index is 2.04. The molecule has 0 aromatic heterocycles. The van der Waals surface area contributed by atoms with E-state index in [-0.39, 0.29) is 11.3 Å². The summed E-state index contributed by atoms with van der Waals surface area (Å²) in [5, 5.41) is 0. The number of Topliss-reactive ketones (excluding diaryl/α,β-unsaturated/α-hetero) is 1. The van der Waals surface area contributed by atoms with Crippen molar-refractivity contribution >= 4 is 11.8 Å². The lowest BCUT2D eigenvalue weighted by Gasteiger charge is -2.08. The van der Waals surface area contributed by atoms with E-state index in [1.807, 2.05) is 13.0 Å². The van der Waals surface area contributed by atoms with E-state index >= 15 is 0 Å². The smallest absolute Gasteiger partial charge is 0.338 e. The standard InChI is InChI=1S/C18H17FO4/c1-11-4-6-14(12(2)8-11)18(21)23-10-16(20)13-5-7-17(22-3)15(19)9-13/h4-9H,10H2,1-3H3. The van der Waals surface area contributed by atoms with Gasteiger partial charge in [-0.1, -0.05) is 17.7 Å². The van der Waals surface area contributed by atoms with Crippen molar-refractivity contribution in [2.45, 2.75) is 13.8 Å². The summed E-state index contributed by atoms with van der Waals surface area (Å²) in [5.74, 6) is -1.65. The molecule has 4 nitrogen and oxygen atoms in total. The average Bonchev–Trinajstić information content (AvgIpc) is 2.52. The lowest BCUT2D eigenvalue weighted by molar-refractivity contribution is 0.0474. The van der Waals surface area contributed by atoms with E-state index in [1.54, 1.807) is 19.1 Å². The van der Waals surface area contributed by atoms with Gasteiger partial charge in [-0.05, 0) is 43.7 Å². The van der Waals surface area contributed by atoms with Gasteiger partial charge in [-0.2, -0.15) is 0 Å². The number of hydrogen-bond acceptors (Lipinski definition) is 4. The van der Waals surface area contributed by atoms with Crippen molar-refractivity contribution in [2.24, 2.45) is 0 Å². The molecule has 0 aliphatic rings. The highest BCUT2D eigenvalue weighted by Crippen LogP contribution is 2.18. The quantitative estimate of drug-likeness (QED) is 0.626. The number of ether oxygens (including phenoxy) is 2. The van der Waals surface area contributed by atoms with Gasteiger partial charge in [0, 0.05) is 5.56 Å². The van der Waals surface area contributed by atoms with Crippen LogP contribution in [0.1, 0.15) is 31.8 Å². The molecule has 0 aliphatic heterocycles. The van der Waals surface area contributed by atoms with Crippen LogP contribution in [0, 0.1) is 19.7 Å². The van der Waals surface area contributed by atoms with Crippen molar-refractivity contribution in [1.29, 1.82) is 0 Å². The highest BCUT2D eigenvalue weighted by molar-refractivity contribution is 5.99. The zero-order valence-corrected chi connectivity index (χ0v) is 13.2. The van der Waals surface area contributed by atoms with Crippen molar-refractivity contribution in [2.75, 3.05) is 13.7 Å². The largest absolute Gasteiger partial charge is 0.494 e. The molecule has 0 atom stereocenters. The second kappa shape index (κ2) is 7.05. The first-order chi connectivity index (χ1) is 10.9. The van der Waals surface area contributed by atoms with Gasteiger partial charge in [-0.15, -0.1) is 0 Å². The summed E-state index contributed by atoms with van der Waals surface area (Å²) in [4.78, 5) is 24.0. The number of methoxy groups -OCH3 is 1. The highest BCUT2D eigenvalue weighted by Gasteiger charge is 2.15. The van der Waals surface area contributed by atoms with Gasteiger partial charge in [0.15, 0.2) is 24.0 Å². The van der Waals surface area contributed by atoms with Gasteiger partial charge in [-0.25, -0.2) is 9.18 Å². The Labute approximate surface area is 133 Å². The van der Waals surface area contributed by atoms with Crippen molar-refractivity contribution in [1.82, 2.24) is 0 Å². The third kappa shape index (κ3) is 3.94. The number of carbonyl (C=O) groups excluding carboxylic acids is 2. The third-order valence-corrected chi connectivity index (χ3v) is 3.41. The SMILES string of the molecule is COc1ccc(C(=O)COC(=O)c2ccc(C)cc2C)cc1F. The minimum atomic E-state index is -0.640. The van der Waals surface area contributed by atoms with Crippen LogP contribution in [-0.4, -0.2) is 25.5 Å². The van der Waals surface area contributed by atoms with Crippen molar-refractivity contribution in [3.63, 3.8) is 0 Å².